The SMILES string of the molecule is CCNC(=NCc1cccc(Br)c1)NC1CCCC1. The quantitative estimate of drug-likeness (QED) is 0.657. The van der Waals surface area contributed by atoms with Crippen LogP contribution in [-0.2, 0) is 6.54 Å². The normalized spacial score (nSPS) is 16.6. The number of nitrogens with one attached hydrogen (secondary N) is 2. The highest BCUT2D eigenvalue weighted by Gasteiger charge is 2.15. The molecule has 0 amide bonds. The Morgan fingerprint density at radius 3 is 2.84 bits per heavy atom. The molecule has 0 aromatic heterocycles. The molecule has 0 radical (unpaired) electrons. The Balaban J connectivity index is 1.95. The van der Waals surface area contributed by atoms with Gasteiger partial charge in [0.1, 0.15) is 0 Å². The molecule has 1 aliphatic carbocycles. The van der Waals surface area contributed by atoms with E-state index in [9.17, 15) is 0 Å². The minimum atomic E-state index is 0.598. The molecule has 1 saturated carbocycles. The van der Waals surface area contributed by atoms with Crippen LogP contribution in [0.1, 0.15) is 38.2 Å². The summed E-state index contributed by atoms with van der Waals surface area (Å²) in [5.74, 6) is 0.939. The van der Waals surface area contributed by atoms with E-state index in [1.165, 1.54) is 31.2 Å². The molecular formula is C15H22BrN3. The standard InChI is InChI=1S/C15H22BrN3/c1-2-17-15(19-14-8-3-4-9-14)18-11-12-6-5-7-13(16)10-12/h5-7,10,14H,2-4,8-9,11H2,1H3,(H2,17,18,19). The number of benzene rings is 1. The van der Waals surface area contributed by atoms with E-state index in [1.54, 1.807) is 0 Å². The van der Waals surface area contributed by atoms with Crippen LogP contribution in [0, 0.1) is 0 Å². The third-order valence-corrected chi connectivity index (χ3v) is 3.84. The molecule has 104 valence electrons. The molecule has 3 nitrogen and oxygen atoms in total. The third kappa shape index (κ3) is 4.86. The number of hydrogen-bond acceptors (Lipinski definition) is 1. The number of halogens is 1. The van der Waals surface area contributed by atoms with Crippen LogP contribution < -0.4 is 10.6 Å². The van der Waals surface area contributed by atoms with Gasteiger partial charge in [-0.25, -0.2) is 4.99 Å². The van der Waals surface area contributed by atoms with Gasteiger partial charge in [0.15, 0.2) is 5.96 Å². The summed E-state index contributed by atoms with van der Waals surface area (Å²) in [6.07, 6.45) is 5.20. The second-order valence-corrected chi connectivity index (χ2v) is 5.87. The molecule has 0 heterocycles. The molecule has 0 spiro atoms. The van der Waals surface area contributed by atoms with Gasteiger partial charge in [0.2, 0.25) is 0 Å². The number of hydrogen-bond donors (Lipinski definition) is 2. The first-order chi connectivity index (χ1) is 9.28. The molecule has 0 atom stereocenters. The minimum Gasteiger partial charge on any atom is -0.357 e. The van der Waals surface area contributed by atoms with Gasteiger partial charge in [0.25, 0.3) is 0 Å². The van der Waals surface area contributed by atoms with Crippen molar-refractivity contribution in [2.24, 2.45) is 4.99 Å². The van der Waals surface area contributed by atoms with Crippen molar-refractivity contribution in [1.82, 2.24) is 10.6 Å². The molecule has 2 N–H and O–H groups in total. The lowest BCUT2D eigenvalue weighted by Gasteiger charge is -2.16. The van der Waals surface area contributed by atoms with E-state index in [4.69, 9.17) is 0 Å². The summed E-state index contributed by atoms with van der Waals surface area (Å²) in [6, 6.07) is 8.90. The van der Waals surface area contributed by atoms with Crippen molar-refractivity contribution in [1.29, 1.82) is 0 Å². The van der Waals surface area contributed by atoms with Crippen molar-refractivity contribution in [2.45, 2.75) is 45.2 Å². The van der Waals surface area contributed by atoms with E-state index in [0.29, 0.717) is 12.6 Å². The Labute approximate surface area is 124 Å². The van der Waals surface area contributed by atoms with E-state index in [1.807, 2.05) is 12.1 Å². The van der Waals surface area contributed by atoms with E-state index in [0.717, 1.165) is 17.0 Å². The van der Waals surface area contributed by atoms with Crippen LogP contribution in [0.4, 0.5) is 0 Å². The topological polar surface area (TPSA) is 36.4 Å². The fourth-order valence-electron chi connectivity index (χ4n) is 2.39. The van der Waals surface area contributed by atoms with Crippen molar-refractivity contribution >= 4 is 21.9 Å². The second-order valence-electron chi connectivity index (χ2n) is 4.95. The summed E-state index contributed by atoms with van der Waals surface area (Å²) in [6.45, 7) is 3.71. The molecule has 4 heteroatoms. The molecule has 1 aliphatic rings. The highest BCUT2D eigenvalue weighted by molar-refractivity contribution is 9.10. The van der Waals surface area contributed by atoms with Gasteiger partial charge in [-0.15, -0.1) is 0 Å². The van der Waals surface area contributed by atoms with Crippen LogP contribution >= 0.6 is 15.9 Å². The lowest BCUT2D eigenvalue weighted by molar-refractivity contribution is 0.614. The van der Waals surface area contributed by atoms with Gasteiger partial charge in [-0.2, -0.15) is 0 Å². The van der Waals surface area contributed by atoms with Crippen molar-refractivity contribution in [2.75, 3.05) is 6.54 Å². The van der Waals surface area contributed by atoms with Gasteiger partial charge in [0, 0.05) is 17.1 Å². The Hall–Kier alpha value is -1.03. The number of aliphatic imine (C=N–C) groups is 1. The zero-order valence-electron chi connectivity index (χ0n) is 11.5. The zero-order valence-corrected chi connectivity index (χ0v) is 13.0. The Morgan fingerprint density at radius 1 is 1.37 bits per heavy atom. The van der Waals surface area contributed by atoms with Gasteiger partial charge in [-0.05, 0) is 37.5 Å². The summed E-state index contributed by atoms with van der Waals surface area (Å²) in [5, 5.41) is 6.85. The van der Waals surface area contributed by atoms with Crippen LogP contribution in [0.25, 0.3) is 0 Å². The third-order valence-electron chi connectivity index (χ3n) is 3.35. The second kappa shape index (κ2) is 7.53. The van der Waals surface area contributed by atoms with Crippen LogP contribution in [0.2, 0.25) is 0 Å². The van der Waals surface area contributed by atoms with Crippen molar-refractivity contribution < 1.29 is 0 Å². The van der Waals surface area contributed by atoms with Crippen LogP contribution in [0.5, 0.6) is 0 Å². The fraction of sp³-hybridized carbons (Fsp3) is 0.533. The molecule has 1 aromatic rings. The summed E-state index contributed by atoms with van der Waals surface area (Å²) in [5.41, 5.74) is 1.22. The Kier molecular flexibility index (Phi) is 5.70. The molecular weight excluding hydrogens is 302 g/mol. The van der Waals surface area contributed by atoms with E-state index in [2.05, 4.69) is 50.6 Å². The number of guanidine groups is 1. The van der Waals surface area contributed by atoms with Gasteiger partial charge in [-0.1, -0.05) is 40.9 Å². The molecule has 0 aliphatic heterocycles. The summed E-state index contributed by atoms with van der Waals surface area (Å²) < 4.78 is 1.11. The Morgan fingerprint density at radius 2 is 2.16 bits per heavy atom. The first-order valence-corrected chi connectivity index (χ1v) is 7.86. The monoisotopic (exact) mass is 323 g/mol. The van der Waals surface area contributed by atoms with Crippen LogP contribution in [-0.4, -0.2) is 18.5 Å². The van der Waals surface area contributed by atoms with E-state index in [-0.39, 0.29) is 0 Å². The maximum absolute atomic E-state index is 4.66. The van der Waals surface area contributed by atoms with Crippen molar-refractivity contribution in [3.05, 3.63) is 34.3 Å². The first kappa shape index (κ1) is 14.4. The van der Waals surface area contributed by atoms with Gasteiger partial charge < -0.3 is 10.6 Å². The van der Waals surface area contributed by atoms with Crippen LogP contribution in [0.3, 0.4) is 0 Å². The number of nitrogens with zero attached hydrogens (tertiary/aromatic N) is 1. The predicted molar refractivity (Wildman–Crippen MR) is 84.3 cm³/mol. The van der Waals surface area contributed by atoms with Crippen molar-refractivity contribution in [3.63, 3.8) is 0 Å². The molecule has 2 rings (SSSR count). The van der Waals surface area contributed by atoms with E-state index >= 15 is 0 Å². The zero-order chi connectivity index (χ0) is 13.5. The molecule has 0 bridgehead atoms. The van der Waals surface area contributed by atoms with Crippen molar-refractivity contribution in [3.8, 4) is 0 Å². The van der Waals surface area contributed by atoms with Gasteiger partial charge in [0.05, 0.1) is 6.54 Å². The van der Waals surface area contributed by atoms with Gasteiger partial charge in [-0.3, -0.25) is 0 Å². The summed E-state index contributed by atoms with van der Waals surface area (Å²) >= 11 is 3.49. The lowest BCUT2D eigenvalue weighted by Crippen LogP contribution is -2.42. The smallest absolute Gasteiger partial charge is 0.191 e. The summed E-state index contributed by atoms with van der Waals surface area (Å²) in [4.78, 5) is 4.66. The minimum absolute atomic E-state index is 0.598. The molecule has 0 saturated heterocycles. The molecule has 19 heavy (non-hydrogen) atoms. The average molecular weight is 324 g/mol. The maximum atomic E-state index is 4.66. The predicted octanol–water partition coefficient (Wildman–Crippen LogP) is 3.45. The average Bonchev–Trinajstić information content (AvgIpc) is 2.89. The first-order valence-electron chi connectivity index (χ1n) is 7.07. The van der Waals surface area contributed by atoms with Gasteiger partial charge >= 0.3 is 0 Å². The van der Waals surface area contributed by atoms with Crippen LogP contribution in [0.15, 0.2) is 33.7 Å². The highest BCUT2D eigenvalue weighted by atomic mass is 79.9. The number of rotatable bonds is 4. The largest absolute Gasteiger partial charge is 0.357 e. The maximum Gasteiger partial charge on any atom is 0.191 e. The summed E-state index contributed by atoms with van der Waals surface area (Å²) in [7, 11) is 0. The fourth-order valence-corrected chi connectivity index (χ4v) is 2.84. The van der Waals surface area contributed by atoms with E-state index < -0.39 is 0 Å². The lowest BCUT2D eigenvalue weighted by atomic mass is 10.2. The Bertz CT molecular complexity index is 425. The molecule has 1 fully saturated rings. The molecule has 1 aromatic carbocycles. The highest BCUT2D eigenvalue weighted by Crippen LogP contribution is 2.17. The molecule has 0 unspecified atom stereocenters.